The molecule has 0 aromatic rings. The lowest BCUT2D eigenvalue weighted by Gasteiger charge is -2.38. The van der Waals surface area contributed by atoms with E-state index < -0.39 is 0 Å². The van der Waals surface area contributed by atoms with Crippen molar-refractivity contribution < 1.29 is 4.79 Å². The van der Waals surface area contributed by atoms with Gasteiger partial charge in [-0.05, 0) is 32.6 Å². The Morgan fingerprint density at radius 2 is 1.84 bits per heavy atom. The van der Waals surface area contributed by atoms with Crippen LogP contribution in [0, 0.1) is 5.41 Å². The SMILES string of the molecule is CCC(CC)(CC)SN(C)N1CCC(C)(C(C)=O)C1. The van der Waals surface area contributed by atoms with Gasteiger partial charge in [0, 0.05) is 30.3 Å². The second-order valence-electron chi connectivity index (χ2n) is 6.05. The molecule has 1 fully saturated rings. The molecule has 1 heterocycles. The van der Waals surface area contributed by atoms with Crippen LogP contribution in [0.4, 0.5) is 0 Å². The summed E-state index contributed by atoms with van der Waals surface area (Å²) in [6, 6.07) is 0. The number of hydrogen-bond donors (Lipinski definition) is 0. The first-order valence-electron chi connectivity index (χ1n) is 7.51. The molecule has 1 saturated heterocycles. The predicted molar refractivity (Wildman–Crippen MR) is 83.9 cm³/mol. The van der Waals surface area contributed by atoms with Crippen LogP contribution in [0.3, 0.4) is 0 Å². The summed E-state index contributed by atoms with van der Waals surface area (Å²) in [4.78, 5) is 11.7. The molecule has 1 unspecified atom stereocenters. The molecule has 0 spiro atoms. The van der Waals surface area contributed by atoms with Crippen molar-refractivity contribution in [1.29, 1.82) is 0 Å². The first kappa shape index (κ1) is 17.0. The Morgan fingerprint density at radius 3 is 2.21 bits per heavy atom. The summed E-state index contributed by atoms with van der Waals surface area (Å²) in [5.74, 6) is 0.320. The molecule has 112 valence electrons. The number of hydrogen-bond acceptors (Lipinski definition) is 4. The standard InChI is InChI=1S/C15H30N2OS/c1-7-15(8-2,9-3)19-16(6)17-11-10-14(5,12-17)13(4)18/h7-12H2,1-6H3. The molecule has 0 aliphatic carbocycles. The van der Waals surface area contributed by atoms with Crippen molar-refractivity contribution in [3.05, 3.63) is 0 Å². The first-order chi connectivity index (χ1) is 8.82. The molecule has 0 N–H and O–H groups in total. The lowest BCUT2D eigenvalue weighted by atomic mass is 9.86. The minimum atomic E-state index is -0.151. The van der Waals surface area contributed by atoms with Crippen LogP contribution in [0.25, 0.3) is 0 Å². The van der Waals surface area contributed by atoms with E-state index in [0.717, 1.165) is 19.5 Å². The van der Waals surface area contributed by atoms with Gasteiger partial charge in [-0.3, -0.25) is 4.79 Å². The van der Waals surface area contributed by atoms with E-state index in [1.807, 2.05) is 11.9 Å². The molecule has 0 aromatic heterocycles. The van der Waals surface area contributed by atoms with E-state index in [9.17, 15) is 4.79 Å². The van der Waals surface area contributed by atoms with Gasteiger partial charge in [0.05, 0.1) is 0 Å². The van der Waals surface area contributed by atoms with Crippen molar-refractivity contribution in [2.75, 3.05) is 20.1 Å². The molecular formula is C15H30N2OS. The fourth-order valence-electron chi connectivity index (χ4n) is 2.75. The van der Waals surface area contributed by atoms with Gasteiger partial charge in [0.15, 0.2) is 0 Å². The normalized spacial score (nSPS) is 25.2. The number of rotatable bonds is 7. The van der Waals surface area contributed by atoms with Gasteiger partial charge in [-0.15, -0.1) is 0 Å². The van der Waals surface area contributed by atoms with Gasteiger partial charge < -0.3 is 0 Å². The zero-order chi connectivity index (χ0) is 14.7. The highest BCUT2D eigenvalue weighted by atomic mass is 32.2. The van der Waals surface area contributed by atoms with Gasteiger partial charge >= 0.3 is 0 Å². The van der Waals surface area contributed by atoms with E-state index in [2.05, 4.69) is 44.2 Å². The minimum Gasteiger partial charge on any atom is -0.299 e. The highest BCUT2D eigenvalue weighted by molar-refractivity contribution is 7.98. The summed E-state index contributed by atoms with van der Waals surface area (Å²) in [5.41, 5.74) is -0.151. The Morgan fingerprint density at radius 1 is 1.32 bits per heavy atom. The largest absolute Gasteiger partial charge is 0.299 e. The molecule has 19 heavy (non-hydrogen) atoms. The molecule has 1 aliphatic rings. The molecule has 3 nitrogen and oxygen atoms in total. The molecule has 0 amide bonds. The zero-order valence-corrected chi connectivity index (χ0v) is 14.3. The van der Waals surface area contributed by atoms with E-state index in [0.29, 0.717) is 10.5 Å². The molecule has 1 rings (SSSR count). The van der Waals surface area contributed by atoms with Crippen molar-refractivity contribution in [2.45, 2.75) is 65.0 Å². The van der Waals surface area contributed by atoms with Crippen molar-refractivity contribution in [3.63, 3.8) is 0 Å². The number of ketones is 1. The van der Waals surface area contributed by atoms with E-state index in [4.69, 9.17) is 0 Å². The summed E-state index contributed by atoms with van der Waals surface area (Å²) in [6.45, 7) is 12.5. The molecule has 0 bridgehead atoms. The monoisotopic (exact) mass is 286 g/mol. The first-order valence-corrected chi connectivity index (χ1v) is 8.28. The molecule has 0 saturated carbocycles. The summed E-state index contributed by atoms with van der Waals surface area (Å²) < 4.78 is 2.62. The number of carbonyl (C=O) groups excluding carboxylic acids is 1. The average Bonchev–Trinajstić information content (AvgIpc) is 2.80. The van der Waals surface area contributed by atoms with Crippen molar-refractivity contribution >= 4 is 17.7 Å². The minimum absolute atomic E-state index is 0.151. The lowest BCUT2D eigenvalue weighted by molar-refractivity contribution is -0.125. The Labute approximate surface area is 123 Å². The fourth-order valence-corrected chi connectivity index (χ4v) is 3.95. The quantitative estimate of drug-likeness (QED) is 0.665. The highest BCUT2D eigenvalue weighted by Crippen LogP contribution is 2.40. The predicted octanol–water partition coefficient (Wildman–Crippen LogP) is 3.75. The topological polar surface area (TPSA) is 23.6 Å². The summed E-state index contributed by atoms with van der Waals surface area (Å²) >= 11 is 1.95. The third-order valence-electron chi connectivity index (χ3n) is 4.96. The van der Waals surface area contributed by atoms with Gasteiger partial charge in [-0.1, -0.05) is 39.6 Å². The summed E-state index contributed by atoms with van der Waals surface area (Å²) in [5, 5.41) is 2.34. The lowest BCUT2D eigenvalue weighted by Crippen LogP contribution is -2.40. The van der Waals surface area contributed by atoms with Crippen LogP contribution < -0.4 is 0 Å². The average molecular weight is 286 g/mol. The second kappa shape index (κ2) is 6.59. The number of hydrazine groups is 1. The van der Waals surface area contributed by atoms with Crippen molar-refractivity contribution in [3.8, 4) is 0 Å². The number of Topliss-reactive ketones (excluding diaryl/α,β-unsaturated/α-hetero) is 1. The second-order valence-corrected chi connectivity index (χ2v) is 7.63. The number of carbonyl (C=O) groups is 1. The van der Waals surface area contributed by atoms with Gasteiger partial charge in [-0.2, -0.15) is 4.41 Å². The Kier molecular flexibility index (Phi) is 5.90. The Hall–Kier alpha value is -0.0600. The molecule has 0 aromatic carbocycles. The van der Waals surface area contributed by atoms with Gasteiger partial charge in [-0.25, -0.2) is 5.01 Å². The van der Waals surface area contributed by atoms with Crippen molar-refractivity contribution in [2.24, 2.45) is 5.41 Å². The number of nitrogens with zero attached hydrogens (tertiary/aromatic N) is 2. The van der Waals surface area contributed by atoms with E-state index in [1.165, 1.54) is 19.3 Å². The molecule has 4 heteroatoms. The fraction of sp³-hybridized carbons (Fsp3) is 0.933. The maximum absolute atomic E-state index is 11.7. The van der Waals surface area contributed by atoms with Crippen molar-refractivity contribution in [1.82, 2.24) is 9.42 Å². The van der Waals surface area contributed by atoms with Crippen LogP contribution in [0.2, 0.25) is 0 Å². The maximum Gasteiger partial charge on any atom is 0.137 e. The van der Waals surface area contributed by atoms with Gasteiger partial charge in [0.2, 0.25) is 0 Å². The van der Waals surface area contributed by atoms with Crippen LogP contribution in [-0.4, -0.2) is 40.1 Å². The maximum atomic E-state index is 11.7. The van der Waals surface area contributed by atoms with E-state index in [1.54, 1.807) is 6.92 Å². The van der Waals surface area contributed by atoms with Gasteiger partial charge in [0.25, 0.3) is 0 Å². The van der Waals surface area contributed by atoms with Crippen LogP contribution in [0.1, 0.15) is 60.3 Å². The highest BCUT2D eigenvalue weighted by Gasteiger charge is 2.40. The Bertz CT molecular complexity index is 309. The zero-order valence-electron chi connectivity index (χ0n) is 13.5. The Balaban J connectivity index is 2.65. The molecular weight excluding hydrogens is 256 g/mol. The van der Waals surface area contributed by atoms with Crippen LogP contribution >= 0.6 is 11.9 Å². The van der Waals surface area contributed by atoms with E-state index >= 15 is 0 Å². The third-order valence-corrected chi connectivity index (χ3v) is 6.71. The molecule has 1 atom stereocenters. The summed E-state index contributed by atoms with van der Waals surface area (Å²) in [6.07, 6.45) is 4.54. The van der Waals surface area contributed by atoms with Crippen LogP contribution in [-0.2, 0) is 4.79 Å². The molecule has 1 aliphatic heterocycles. The third kappa shape index (κ3) is 3.73. The van der Waals surface area contributed by atoms with E-state index in [-0.39, 0.29) is 5.41 Å². The molecule has 0 radical (unpaired) electrons. The van der Waals surface area contributed by atoms with Crippen LogP contribution in [0.5, 0.6) is 0 Å². The van der Waals surface area contributed by atoms with Crippen LogP contribution in [0.15, 0.2) is 0 Å². The summed E-state index contributed by atoms with van der Waals surface area (Å²) in [7, 11) is 2.15. The smallest absolute Gasteiger partial charge is 0.137 e. The van der Waals surface area contributed by atoms with Gasteiger partial charge in [0.1, 0.15) is 5.78 Å².